The molecule has 0 spiro atoms. The van der Waals surface area contributed by atoms with Crippen LogP contribution in [0.1, 0.15) is 22.8 Å². The number of ether oxygens (including phenoxy) is 2. The van der Waals surface area contributed by atoms with Crippen molar-refractivity contribution in [1.82, 2.24) is 5.32 Å². The van der Waals surface area contributed by atoms with Crippen LogP contribution in [0.2, 0.25) is 0 Å². The molecule has 0 aromatic heterocycles. The zero-order valence-electron chi connectivity index (χ0n) is 16.8. The quantitative estimate of drug-likeness (QED) is 0.511. The van der Waals surface area contributed by atoms with Gasteiger partial charge >= 0.3 is 0 Å². The Kier molecular flexibility index (Phi) is 7.80. The Labute approximate surface area is 182 Å². The van der Waals surface area contributed by atoms with Gasteiger partial charge in [0.25, 0.3) is 5.91 Å². The molecule has 0 radical (unpaired) electrons. The third kappa shape index (κ3) is 6.60. The molecule has 0 unspecified atom stereocenters. The van der Waals surface area contributed by atoms with Crippen LogP contribution in [0.5, 0.6) is 11.5 Å². The average molecular weight is 421 g/mol. The first-order chi connectivity index (χ1) is 14.6. The lowest BCUT2D eigenvalue weighted by Crippen LogP contribution is -2.34. The fourth-order valence-corrected chi connectivity index (χ4v) is 3.01. The fourth-order valence-electron chi connectivity index (χ4n) is 2.80. The molecule has 0 saturated carbocycles. The number of rotatable bonds is 8. The SMILES string of the molecule is CCOc1ccc(C(=O)NC(=S)Nc2cccc(OCCc3ccccc3)c2)cc1. The standard InChI is InChI=1S/C24H24N2O3S/c1-2-28-21-13-11-19(12-14-21)23(27)26-24(30)25-20-9-6-10-22(17-20)29-16-15-18-7-4-3-5-8-18/h3-14,17H,2,15-16H2,1H3,(H2,25,26,27,30). The number of thiocarbonyl (C=S) groups is 1. The van der Waals surface area contributed by atoms with E-state index in [0.29, 0.717) is 18.8 Å². The van der Waals surface area contributed by atoms with Crippen LogP contribution in [-0.2, 0) is 6.42 Å². The Morgan fingerprint density at radius 3 is 2.40 bits per heavy atom. The molecule has 6 heteroatoms. The van der Waals surface area contributed by atoms with Gasteiger partial charge in [0.1, 0.15) is 11.5 Å². The van der Waals surface area contributed by atoms with Gasteiger partial charge in [-0.1, -0.05) is 36.4 Å². The van der Waals surface area contributed by atoms with Gasteiger partial charge < -0.3 is 14.8 Å². The molecule has 5 nitrogen and oxygen atoms in total. The number of carbonyl (C=O) groups is 1. The molecule has 0 saturated heterocycles. The average Bonchev–Trinajstić information content (AvgIpc) is 2.75. The maximum absolute atomic E-state index is 12.4. The van der Waals surface area contributed by atoms with Gasteiger partial charge in [-0.3, -0.25) is 10.1 Å². The molecule has 154 valence electrons. The predicted octanol–water partition coefficient (Wildman–Crippen LogP) is 4.83. The Bertz CT molecular complexity index is 975. The third-order valence-corrected chi connectivity index (χ3v) is 4.45. The molecule has 0 aliphatic carbocycles. The molecule has 0 heterocycles. The van der Waals surface area contributed by atoms with Gasteiger partial charge in [-0.05, 0) is 61.1 Å². The van der Waals surface area contributed by atoms with Gasteiger partial charge in [0.2, 0.25) is 0 Å². The van der Waals surface area contributed by atoms with E-state index in [1.165, 1.54) is 5.56 Å². The molecular weight excluding hydrogens is 396 g/mol. The first-order valence-corrected chi connectivity index (χ1v) is 10.2. The fraction of sp³-hybridized carbons (Fsp3) is 0.167. The van der Waals surface area contributed by atoms with Crippen LogP contribution < -0.4 is 20.1 Å². The predicted molar refractivity (Wildman–Crippen MR) is 123 cm³/mol. The van der Waals surface area contributed by atoms with Crippen molar-refractivity contribution in [2.75, 3.05) is 18.5 Å². The van der Waals surface area contributed by atoms with E-state index in [1.54, 1.807) is 24.3 Å². The van der Waals surface area contributed by atoms with Crippen molar-refractivity contribution < 1.29 is 14.3 Å². The van der Waals surface area contributed by atoms with Crippen LogP contribution in [0.4, 0.5) is 5.69 Å². The Morgan fingerprint density at radius 2 is 1.67 bits per heavy atom. The lowest BCUT2D eigenvalue weighted by atomic mass is 10.2. The topological polar surface area (TPSA) is 59.6 Å². The molecule has 0 fully saturated rings. The highest BCUT2D eigenvalue weighted by Crippen LogP contribution is 2.18. The minimum atomic E-state index is -0.286. The molecule has 2 N–H and O–H groups in total. The van der Waals surface area contributed by atoms with Crippen molar-refractivity contribution in [3.8, 4) is 11.5 Å². The van der Waals surface area contributed by atoms with Crippen LogP contribution in [0.15, 0.2) is 78.9 Å². The summed E-state index contributed by atoms with van der Waals surface area (Å²) in [5, 5.41) is 5.92. The van der Waals surface area contributed by atoms with Crippen LogP contribution in [0.25, 0.3) is 0 Å². The van der Waals surface area contributed by atoms with Crippen LogP contribution >= 0.6 is 12.2 Å². The first kappa shape index (κ1) is 21.3. The molecular formula is C24H24N2O3S. The van der Waals surface area contributed by atoms with Gasteiger partial charge in [0, 0.05) is 23.7 Å². The number of benzene rings is 3. The summed E-state index contributed by atoms with van der Waals surface area (Å²) in [4.78, 5) is 12.4. The van der Waals surface area contributed by atoms with Crippen molar-refractivity contribution in [2.24, 2.45) is 0 Å². The summed E-state index contributed by atoms with van der Waals surface area (Å²) in [7, 11) is 0. The van der Waals surface area contributed by atoms with E-state index in [2.05, 4.69) is 22.8 Å². The highest BCUT2D eigenvalue weighted by Gasteiger charge is 2.08. The second-order valence-corrected chi connectivity index (χ2v) is 6.89. The number of carbonyl (C=O) groups excluding carboxylic acids is 1. The van der Waals surface area contributed by atoms with Crippen molar-refractivity contribution in [3.05, 3.63) is 90.0 Å². The van der Waals surface area contributed by atoms with E-state index in [9.17, 15) is 4.79 Å². The summed E-state index contributed by atoms with van der Waals surface area (Å²) in [6.07, 6.45) is 0.828. The molecule has 0 aliphatic heterocycles. The molecule has 0 atom stereocenters. The van der Waals surface area contributed by atoms with E-state index in [1.807, 2.05) is 49.4 Å². The van der Waals surface area contributed by atoms with Gasteiger partial charge in [-0.25, -0.2) is 0 Å². The summed E-state index contributed by atoms with van der Waals surface area (Å²) >= 11 is 5.27. The van der Waals surface area contributed by atoms with Gasteiger partial charge in [0.15, 0.2) is 5.11 Å². The zero-order chi connectivity index (χ0) is 21.2. The molecule has 3 aromatic carbocycles. The number of amides is 1. The molecule has 0 bridgehead atoms. The monoisotopic (exact) mass is 420 g/mol. The molecule has 3 rings (SSSR count). The normalized spacial score (nSPS) is 10.2. The van der Waals surface area contributed by atoms with Crippen LogP contribution in [0.3, 0.4) is 0 Å². The lowest BCUT2D eigenvalue weighted by molar-refractivity contribution is 0.0977. The lowest BCUT2D eigenvalue weighted by Gasteiger charge is -2.12. The molecule has 3 aromatic rings. The molecule has 1 amide bonds. The second kappa shape index (κ2) is 11.0. The third-order valence-electron chi connectivity index (χ3n) is 4.25. The largest absolute Gasteiger partial charge is 0.494 e. The van der Waals surface area contributed by atoms with E-state index >= 15 is 0 Å². The highest BCUT2D eigenvalue weighted by atomic mass is 32.1. The van der Waals surface area contributed by atoms with Crippen molar-refractivity contribution in [1.29, 1.82) is 0 Å². The summed E-state index contributed by atoms with van der Waals surface area (Å²) in [6, 6.07) is 24.6. The van der Waals surface area contributed by atoms with Crippen molar-refractivity contribution in [2.45, 2.75) is 13.3 Å². The van der Waals surface area contributed by atoms with Gasteiger partial charge in [-0.15, -0.1) is 0 Å². The maximum Gasteiger partial charge on any atom is 0.257 e. The summed E-state index contributed by atoms with van der Waals surface area (Å²) in [6.45, 7) is 3.06. The van der Waals surface area contributed by atoms with E-state index < -0.39 is 0 Å². The smallest absolute Gasteiger partial charge is 0.257 e. The Balaban J connectivity index is 1.49. The maximum atomic E-state index is 12.4. The van der Waals surface area contributed by atoms with Crippen LogP contribution in [0, 0.1) is 0 Å². The van der Waals surface area contributed by atoms with Gasteiger partial charge in [-0.2, -0.15) is 0 Å². The van der Waals surface area contributed by atoms with Gasteiger partial charge in [0.05, 0.1) is 13.2 Å². The number of nitrogens with one attached hydrogen (secondary N) is 2. The minimum absolute atomic E-state index is 0.218. The van der Waals surface area contributed by atoms with Crippen LogP contribution in [-0.4, -0.2) is 24.2 Å². The Morgan fingerprint density at radius 1 is 0.900 bits per heavy atom. The van der Waals surface area contributed by atoms with E-state index in [-0.39, 0.29) is 11.0 Å². The second-order valence-electron chi connectivity index (χ2n) is 6.48. The van der Waals surface area contributed by atoms with E-state index in [0.717, 1.165) is 23.6 Å². The zero-order valence-corrected chi connectivity index (χ0v) is 17.6. The summed E-state index contributed by atoms with van der Waals surface area (Å²) < 4.78 is 11.2. The minimum Gasteiger partial charge on any atom is -0.494 e. The van der Waals surface area contributed by atoms with Crippen molar-refractivity contribution >= 4 is 28.9 Å². The first-order valence-electron chi connectivity index (χ1n) is 9.76. The summed E-state index contributed by atoms with van der Waals surface area (Å²) in [5.74, 6) is 1.17. The number of hydrogen-bond acceptors (Lipinski definition) is 4. The Hall–Kier alpha value is -3.38. The number of anilines is 1. The van der Waals surface area contributed by atoms with Crippen molar-refractivity contribution in [3.63, 3.8) is 0 Å². The molecule has 0 aliphatic rings. The number of hydrogen-bond donors (Lipinski definition) is 2. The highest BCUT2D eigenvalue weighted by molar-refractivity contribution is 7.80. The molecule has 30 heavy (non-hydrogen) atoms. The summed E-state index contributed by atoms with van der Waals surface area (Å²) in [5.41, 5.74) is 2.47. The van der Waals surface area contributed by atoms with E-state index in [4.69, 9.17) is 21.7 Å².